The second-order valence-electron chi connectivity index (χ2n) is 2.93. The van der Waals surface area contributed by atoms with Gasteiger partial charge in [0.25, 0.3) is 0 Å². The van der Waals surface area contributed by atoms with E-state index < -0.39 is 34.6 Å². The van der Waals surface area contributed by atoms with E-state index in [1.165, 1.54) is 7.05 Å². The Bertz CT molecular complexity index is 488. The zero-order valence-electron chi connectivity index (χ0n) is 8.82. The van der Waals surface area contributed by atoms with Crippen LogP contribution in [0.3, 0.4) is 0 Å². The summed E-state index contributed by atoms with van der Waals surface area (Å²) in [5.74, 6) is -10.2. The maximum Gasteiger partial charge on any atom is 0.200 e. The van der Waals surface area contributed by atoms with Crippen molar-refractivity contribution in [1.29, 1.82) is 0 Å². The maximum absolute atomic E-state index is 13.1. The van der Waals surface area contributed by atoms with E-state index in [1.807, 2.05) is 0 Å². The van der Waals surface area contributed by atoms with Crippen LogP contribution in [0.25, 0.3) is 0 Å². The summed E-state index contributed by atoms with van der Waals surface area (Å²) < 4.78 is 64.5. The van der Waals surface area contributed by atoms with Gasteiger partial charge in [0, 0.05) is 7.05 Å². The molecule has 3 nitrogen and oxygen atoms in total. The van der Waals surface area contributed by atoms with Gasteiger partial charge in [-0.2, -0.15) is 5.10 Å². The molecular weight excluding hydrogens is 277 g/mol. The van der Waals surface area contributed by atoms with Crippen LogP contribution in [0.5, 0.6) is 0 Å². The fourth-order valence-corrected chi connectivity index (χ4v) is 0.999. The van der Waals surface area contributed by atoms with Crippen molar-refractivity contribution < 1.29 is 22.0 Å². The molecule has 1 aromatic carbocycles. The number of nitrogens with zero attached hydrogens (tertiary/aromatic N) is 1. The molecule has 1 aromatic rings. The van der Waals surface area contributed by atoms with Crippen molar-refractivity contribution in [2.45, 2.75) is 0 Å². The third kappa shape index (κ3) is 2.73. The van der Waals surface area contributed by atoms with Crippen LogP contribution in [0.15, 0.2) is 5.10 Å². The first kappa shape index (κ1) is 14.3. The lowest BCUT2D eigenvalue weighted by molar-refractivity contribution is 0.377. The summed E-state index contributed by atoms with van der Waals surface area (Å²) in [5, 5.41) is 5.66. The average molecular weight is 283 g/mol. The summed E-state index contributed by atoms with van der Waals surface area (Å²) in [7, 11) is 1.45. The highest BCUT2D eigenvalue weighted by Gasteiger charge is 2.24. The summed E-state index contributed by atoms with van der Waals surface area (Å²) in [6.07, 6.45) is 0.444. The van der Waals surface area contributed by atoms with Crippen molar-refractivity contribution in [1.82, 2.24) is 10.7 Å². The zero-order valence-corrected chi connectivity index (χ0v) is 9.64. The topological polar surface area (TPSA) is 36.4 Å². The summed E-state index contributed by atoms with van der Waals surface area (Å²) in [4.78, 5) is 0. The van der Waals surface area contributed by atoms with Gasteiger partial charge in [-0.1, -0.05) is 0 Å². The number of hydrogen-bond donors (Lipinski definition) is 2. The smallest absolute Gasteiger partial charge is 0.200 e. The molecule has 0 heterocycles. The monoisotopic (exact) mass is 283 g/mol. The lowest BCUT2D eigenvalue weighted by atomic mass is 10.2. The van der Waals surface area contributed by atoms with Crippen molar-refractivity contribution >= 4 is 23.5 Å². The van der Waals surface area contributed by atoms with Crippen LogP contribution in [0, 0.1) is 29.1 Å². The number of thiocarbonyl (C=S) groups is 1. The number of nitrogens with one attached hydrogen (secondary N) is 2. The third-order valence-corrected chi connectivity index (χ3v) is 2.13. The van der Waals surface area contributed by atoms with Gasteiger partial charge in [0.1, 0.15) is 0 Å². The second-order valence-corrected chi connectivity index (χ2v) is 3.34. The normalized spacial score (nSPS) is 10.8. The van der Waals surface area contributed by atoms with Crippen LogP contribution in [0.1, 0.15) is 5.56 Å². The minimum Gasteiger partial charge on any atom is -0.364 e. The SMILES string of the molecule is CNC(=S)N/N=C/c1c(F)c(F)c(F)c(F)c1F. The Kier molecular flexibility index (Phi) is 4.54. The molecule has 0 unspecified atom stereocenters. The number of benzene rings is 1. The third-order valence-electron chi connectivity index (χ3n) is 1.83. The Labute approximate surface area is 104 Å². The van der Waals surface area contributed by atoms with Crippen LogP contribution in [-0.2, 0) is 0 Å². The largest absolute Gasteiger partial charge is 0.364 e. The van der Waals surface area contributed by atoms with E-state index in [0.29, 0.717) is 6.21 Å². The lowest BCUT2D eigenvalue weighted by Crippen LogP contribution is -2.28. The molecule has 1 rings (SSSR count). The second kappa shape index (κ2) is 5.71. The van der Waals surface area contributed by atoms with Gasteiger partial charge in [0.2, 0.25) is 5.82 Å². The minimum absolute atomic E-state index is 0.00937. The molecule has 0 fully saturated rings. The van der Waals surface area contributed by atoms with E-state index in [1.54, 1.807) is 0 Å². The fourth-order valence-electron chi connectivity index (χ4n) is 0.947. The number of rotatable bonds is 2. The molecule has 2 N–H and O–H groups in total. The van der Waals surface area contributed by atoms with Gasteiger partial charge >= 0.3 is 0 Å². The molecule has 0 amide bonds. The lowest BCUT2D eigenvalue weighted by Gasteiger charge is -2.04. The van der Waals surface area contributed by atoms with E-state index in [-0.39, 0.29) is 5.11 Å². The Hall–Kier alpha value is -1.77. The van der Waals surface area contributed by atoms with Crippen LogP contribution >= 0.6 is 12.2 Å². The van der Waals surface area contributed by atoms with Gasteiger partial charge in [-0.15, -0.1) is 0 Å². The first-order valence-corrected chi connectivity index (χ1v) is 4.83. The van der Waals surface area contributed by atoms with Crippen molar-refractivity contribution in [2.24, 2.45) is 5.10 Å². The molecular formula is C9H6F5N3S. The molecule has 0 atom stereocenters. The molecule has 0 aliphatic rings. The van der Waals surface area contributed by atoms with Crippen molar-refractivity contribution in [3.63, 3.8) is 0 Å². The molecule has 0 radical (unpaired) electrons. The number of halogens is 5. The number of hydrogen-bond acceptors (Lipinski definition) is 2. The maximum atomic E-state index is 13.1. The highest BCUT2D eigenvalue weighted by molar-refractivity contribution is 7.80. The van der Waals surface area contributed by atoms with Gasteiger partial charge in [-0.3, -0.25) is 5.43 Å². The molecule has 0 saturated heterocycles. The van der Waals surface area contributed by atoms with Crippen molar-refractivity contribution in [2.75, 3.05) is 7.05 Å². The molecule has 0 aliphatic heterocycles. The predicted octanol–water partition coefficient (Wildman–Crippen LogP) is 1.81. The quantitative estimate of drug-likeness (QED) is 0.217. The molecule has 9 heteroatoms. The highest BCUT2D eigenvalue weighted by Crippen LogP contribution is 2.21. The highest BCUT2D eigenvalue weighted by atomic mass is 32.1. The Morgan fingerprint density at radius 1 is 1.00 bits per heavy atom. The van der Waals surface area contributed by atoms with E-state index in [9.17, 15) is 22.0 Å². The molecule has 0 bridgehead atoms. The number of hydrazone groups is 1. The van der Waals surface area contributed by atoms with Gasteiger partial charge in [0.05, 0.1) is 11.8 Å². The molecule has 98 valence electrons. The molecule has 0 saturated carbocycles. The Morgan fingerprint density at radius 3 is 1.89 bits per heavy atom. The van der Waals surface area contributed by atoms with Crippen LogP contribution < -0.4 is 10.7 Å². The Balaban J connectivity index is 3.14. The standard InChI is InChI=1S/C9H6F5N3S/c1-15-9(18)17-16-2-3-4(10)6(12)8(14)7(13)5(3)11/h2H,1H3,(H2,15,17,18)/b16-2+. The van der Waals surface area contributed by atoms with Crippen LogP contribution in [0.2, 0.25) is 0 Å². The summed E-state index contributed by atoms with van der Waals surface area (Å²) in [6.45, 7) is 0. The molecule has 0 aliphatic carbocycles. The Morgan fingerprint density at radius 2 is 1.44 bits per heavy atom. The first-order chi connectivity index (χ1) is 8.40. The van der Waals surface area contributed by atoms with Gasteiger partial charge < -0.3 is 5.32 Å². The fraction of sp³-hybridized carbons (Fsp3) is 0.111. The zero-order chi connectivity index (χ0) is 13.9. The van der Waals surface area contributed by atoms with E-state index >= 15 is 0 Å². The van der Waals surface area contributed by atoms with Gasteiger partial charge in [0.15, 0.2) is 28.4 Å². The first-order valence-electron chi connectivity index (χ1n) is 4.42. The van der Waals surface area contributed by atoms with Crippen LogP contribution in [-0.4, -0.2) is 18.4 Å². The molecule has 0 spiro atoms. The minimum atomic E-state index is -2.22. The summed E-state index contributed by atoms with van der Waals surface area (Å²) in [5.41, 5.74) is 0.952. The van der Waals surface area contributed by atoms with Crippen molar-refractivity contribution in [3.05, 3.63) is 34.6 Å². The molecule has 18 heavy (non-hydrogen) atoms. The van der Waals surface area contributed by atoms with Gasteiger partial charge in [-0.05, 0) is 12.2 Å². The van der Waals surface area contributed by atoms with E-state index in [2.05, 4.69) is 28.1 Å². The summed E-state index contributed by atoms with van der Waals surface area (Å²) >= 11 is 4.58. The van der Waals surface area contributed by atoms with E-state index in [0.717, 1.165) is 0 Å². The predicted molar refractivity (Wildman–Crippen MR) is 58.6 cm³/mol. The van der Waals surface area contributed by atoms with Crippen molar-refractivity contribution in [3.8, 4) is 0 Å². The summed E-state index contributed by atoms with van der Waals surface area (Å²) in [6, 6.07) is 0. The van der Waals surface area contributed by atoms with Gasteiger partial charge in [-0.25, -0.2) is 22.0 Å². The van der Waals surface area contributed by atoms with E-state index in [4.69, 9.17) is 0 Å². The average Bonchev–Trinajstić information content (AvgIpc) is 2.37. The molecule has 0 aromatic heterocycles. The van der Waals surface area contributed by atoms with Crippen LogP contribution in [0.4, 0.5) is 22.0 Å².